The number of hydrogen-bond donors (Lipinski definition) is 0. The number of nitriles is 2. The second kappa shape index (κ2) is 4.99. The van der Waals surface area contributed by atoms with E-state index in [9.17, 15) is 8.78 Å². The first-order chi connectivity index (χ1) is 7.10. The van der Waals surface area contributed by atoms with Crippen LogP contribution in [0.2, 0.25) is 0 Å². The predicted molar refractivity (Wildman–Crippen MR) is 55.9 cm³/mol. The van der Waals surface area contributed by atoms with Crippen molar-refractivity contribution < 1.29 is 8.78 Å². The first kappa shape index (κ1) is 11.8. The highest BCUT2D eigenvalue weighted by atomic mass is 127. The summed E-state index contributed by atoms with van der Waals surface area (Å²) in [6.07, 6.45) is -2.90. The van der Waals surface area contributed by atoms with Crippen LogP contribution >= 0.6 is 22.6 Å². The van der Waals surface area contributed by atoms with Crippen molar-refractivity contribution in [2.75, 3.05) is 0 Å². The molecule has 1 heterocycles. The number of pyridine rings is 1. The zero-order valence-corrected chi connectivity index (χ0v) is 9.49. The molecule has 0 unspecified atom stereocenters. The fraction of sp³-hybridized carbons (Fsp3) is 0.222. The quantitative estimate of drug-likeness (QED) is 0.787. The third kappa shape index (κ3) is 2.60. The summed E-state index contributed by atoms with van der Waals surface area (Å²) in [6.45, 7) is 0. The SMILES string of the molecule is N#CCc1nc(C#N)c(I)cc1C(F)F. The smallest absolute Gasteiger partial charge is 0.239 e. The van der Waals surface area contributed by atoms with Gasteiger partial charge in [-0.15, -0.1) is 0 Å². The molecule has 0 atom stereocenters. The highest BCUT2D eigenvalue weighted by Gasteiger charge is 2.17. The van der Waals surface area contributed by atoms with Crippen molar-refractivity contribution in [1.29, 1.82) is 10.5 Å². The number of rotatable bonds is 2. The van der Waals surface area contributed by atoms with Gasteiger partial charge in [-0.3, -0.25) is 0 Å². The first-order valence-corrected chi connectivity index (χ1v) is 4.92. The molecule has 0 aliphatic carbocycles. The Labute approximate surface area is 98.5 Å². The van der Waals surface area contributed by atoms with Gasteiger partial charge in [0.25, 0.3) is 6.43 Å². The second-order valence-electron chi connectivity index (χ2n) is 2.60. The summed E-state index contributed by atoms with van der Waals surface area (Å²) in [6, 6.07) is 4.73. The molecule has 1 rings (SSSR count). The minimum atomic E-state index is -2.68. The van der Waals surface area contributed by atoms with E-state index in [0.29, 0.717) is 3.57 Å². The summed E-state index contributed by atoms with van der Waals surface area (Å²) in [5, 5.41) is 17.1. The lowest BCUT2D eigenvalue weighted by molar-refractivity contribution is 0.149. The van der Waals surface area contributed by atoms with Crippen LogP contribution in [0.5, 0.6) is 0 Å². The van der Waals surface area contributed by atoms with E-state index in [0.717, 1.165) is 0 Å². The van der Waals surface area contributed by atoms with Crippen molar-refractivity contribution >= 4 is 22.6 Å². The molecule has 76 valence electrons. The van der Waals surface area contributed by atoms with Gasteiger partial charge >= 0.3 is 0 Å². The number of alkyl halides is 2. The molecule has 0 amide bonds. The maximum atomic E-state index is 12.5. The fourth-order valence-electron chi connectivity index (χ4n) is 1.02. The Bertz CT molecular complexity index is 460. The van der Waals surface area contributed by atoms with Gasteiger partial charge in [-0.25, -0.2) is 13.8 Å². The summed E-state index contributed by atoms with van der Waals surface area (Å²) in [4.78, 5) is 3.73. The molecule has 0 radical (unpaired) electrons. The van der Waals surface area contributed by atoms with Crippen LogP contribution in [0.3, 0.4) is 0 Å². The monoisotopic (exact) mass is 319 g/mol. The molecule has 6 heteroatoms. The van der Waals surface area contributed by atoms with Crippen molar-refractivity contribution in [2.24, 2.45) is 0 Å². The zero-order valence-electron chi connectivity index (χ0n) is 7.34. The molecule has 0 N–H and O–H groups in total. The van der Waals surface area contributed by atoms with Crippen LogP contribution in [0.4, 0.5) is 8.78 Å². The Morgan fingerprint density at radius 1 is 1.47 bits per heavy atom. The van der Waals surface area contributed by atoms with Crippen LogP contribution in [0.1, 0.15) is 23.4 Å². The molecule has 0 fully saturated rings. The Hall–Kier alpha value is -1.28. The van der Waals surface area contributed by atoms with E-state index in [2.05, 4.69) is 4.98 Å². The van der Waals surface area contributed by atoms with E-state index in [-0.39, 0.29) is 23.4 Å². The van der Waals surface area contributed by atoms with Gasteiger partial charge in [0.1, 0.15) is 6.07 Å². The van der Waals surface area contributed by atoms with Gasteiger partial charge in [-0.2, -0.15) is 10.5 Å². The normalized spacial score (nSPS) is 9.73. The molecule has 0 aliphatic heterocycles. The van der Waals surface area contributed by atoms with Gasteiger partial charge in [0.15, 0.2) is 5.69 Å². The minimum Gasteiger partial charge on any atom is -0.239 e. The fourth-order valence-corrected chi connectivity index (χ4v) is 1.60. The molecular weight excluding hydrogens is 315 g/mol. The van der Waals surface area contributed by atoms with Crippen molar-refractivity contribution in [3.63, 3.8) is 0 Å². The van der Waals surface area contributed by atoms with Gasteiger partial charge in [0.2, 0.25) is 0 Å². The molecule has 1 aromatic rings. The number of nitrogens with zero attached hydrogens (tertiary/aromatic N) is 3. The van der Waals surface area contributed by atoms with Crippen LogP contribution in [0.15, 0.2) is 6.07 Å². The Kier molecular flexibility index (Phi) is 3.92. The second-order valence-corrected chi connectivity index (χ2v) is 3.76. The van der Waals surface area contributed by atoms with E-state index in [1.807, 2.05) is 0 Å². The predicted octanol–water partition coefficient (Wildman–Crippen LogP) is 2.56. The van der Waals surface area contributed by atoms with Gasteiger partial charge < -0.3 is 0 Å². The largest absolute Gasteiger partial charge is 0.265 e. The molecule has 0 spiro atoms. The third-order valence-electron chi connectivity index (χ3n) is 1.68. The van der Waals surface area contributed by atoms with Crippen LogP contribution < -0.4 is 0 Å². The molecule has 0 saturated heterocycles. The maximum absolute atomic E-state index is 12.5. The minimum absolute atomic E-state index is 0.0236. The summed E-state index contributed by atoms with van der Waals surface area (Å²) < 4.78 is 25.4. The standard InChI is InChI=1S/C9H4F2IN3/c10-9(11)5-3-6(12)8(4-14)15-7(5)1-2-13/h3,9H,1H2. The summed E-state index contributed by atoms with van der Waals surface area (Å²) in [7, 11) is 0. The van der Waals surface area contributed by atoms with Gasteiger partial charge in [0, 0.05) is 5.56 Å². The van der Waals surface area contributed by atoms with Crippen LogP contribution in [0, 0.1) is 26.2 Å². The van der Waals surface area contributed by atoms with Crippen molar-refractivity contribution in [1.82, 2.24) is 4.98 Å². The van der Waals surface area contributed by atoms with E-state index in [1.54, 1.807) is 34.7 Å². The molecule has 0 bridgehead atoms. The maximum Gasteiger partial charge on any atom is 0.265 e. The van der Waals surface area contributed by atoms with E-state index < -0.39 is 6.43 Å². The third-order valence-corrected chi connectivity index (χ3v) is 2.50. The number of hydrogen-bond acceptors (Lipinski definition) is 3. The highest BCUT2D eigenvalue weighted by molar-refractivity contribution is 14.1. The summed E-state index contributed by atoms with van der Waals surface area (Å²) >= 11 is 1.76. The van der Waals surface area contributed by atoms with E-state index >= 15 is 0 Å². The van der Waals surface area contributed by atoms with Crippen LogP contribution in [-0.2, 0) is 6.42 Å². The number of halogens is 3. The lowest BCUT2D eigenvalue weighted by Crippen LogP contribution is -2.02. The van der Waals surface area contributed by atoms with Crippen LogP contribution in [-0.4, -0.2) is 4.98 Å². The zero-order chi connectivity index (χ0) is 11.4. The van der Waals surface area contributed by atoms with Crippen molar-refractivity contribution in [3.8, 4) is 12.1 Å². The average Bonchev–Trinajstić information content (AvgIpc) is 2.20. The molecule has 0 aliphatic rings. The summed E-state index contributed by atoms with van der Waals surface area (Å²) in [5.74, 6) is 0. The van der Waals surface area contributed by atoms with Gasteiger partial charge in [0.05, 0.1) is 21.8 Å². The first-order valence-electron chi connectivity index (χ1n) is 3.84. The molecule has 0 aromatic carbocycles. The van der Waals surface area contributed by atoms with E-state index in [4.69, 9.17) is 10.5 Å². The Balaban J connectivity index is 3.35. The Morgan fingerprint density at radius 2 is 2.13 bits per heavy atom. The topological polar surface area (TPSA) is 60.5 Å². The Morgan fingerprint density at radius 3 is 2.60 bits per heavy atom. The van der Waals surface area contributed by atoms with E-state index in [1.165, 1.54) is 6.07 Å². The molecule has 1 aromatic heterocycles. The van der Waals surface area contributed by atoms with Gasteiger partial charge in [-0.05, 0) is 28.7 Å². The lowest BCUT2D eigenvalue weighted by atomic mass is 10.1. The molecule has 15 heavy (non-hydrogen) atoms. The lowest BCUT2D eigenvalue weighted by Gasteiger charge is -2.06. The van der Waals surface area contributed by atoms with Crippen molar-refractivity contribution in [2.45, 2.75) is 12.8 Å². The summed E-state index contributed by atoms with van der Waals surface area (Å²) in [5.41, 5.74) is -0.227. The number of aromatic nitrogens is 1. The highest BCUT2D eigenvalue weighted by Crippen LogP contribution is 2.25. The van der Waals surface area contributed by atoms with Gasteiger partial charge in [-0.1, -0.05) is 0 Å². The molecular formula is C9H4F2IN3. The molecule has 0 saturated carbocycles. The average molecular weight is 319 g/mol. The van der Waals surface area contributed by atoms with Crippen molar-refractivity contribution in [3.05, 3.63) is 26.6 Å². The van der Waals surface area contributed by atoms with Crippen LogP contribution in [0.25, 0.3) is 0 Å². The molecule has 3 nitrogen and oxygen atoms in total.